The maximum atomic E-state index is 11.9. The van der Waals surface area contributed by atoms with Gasteiger partial charge in [-0.25, -0.2) is 4.79 Å². The summed E-state index contributed by atoms with van der Waals surface area (Å²) in [4.78, 5) is 26.3. The quantitative estimate of drug-likeness (QED) is 0.773. The lowest BCUT2D eigenvalue weighted by molar-refractivity contribution is -0.132. The van der Waals surface area contributed by atoms with Gasteiger partial charge in [-0.15, -0.1) is 0 Å². The first-order valence-electron chi connectivity index (χ1n) is 6.02. The number of hydrogen-bond donors (Lipinski definition) is 1. The van der Waals surface area contributed by atoms with Gasteiger partial charge in [0.05, 0.1) is 18.0 Å². The molecule has 0 radical (unpaired) electrons. The minimum absolute atomic E-state index is 0.0154. The first-order valence-corrected chi connectivity index (χ1v) is 6.02. The fraction of sp³-hybridized carbons (Fsp3) is 0.750. The fourth-order valence-electron chi connectivity index (χ4n) is 1.96. The fourth-order valence-corrected chi connectivity index (χ4v) is 1.96. The molecule has 0 aromatic rings. The topological polar surface area (TPSA) is 76.4 Å². The highest BCUT2D eigenvalue weighted by Gasteiger charge is 2.33. The van der Waals surface area contributed by atoms with Crippen molar-refractivity contribution in [1.82, 2.24) is 15.1 Å². The monoisotopic (exact) mass is 252 g/mol. The normalized spacial score (nSPS) is 23.1. The number of piperidine rings is 1. The van der Waals surface area contributed by atoms with Crippen molar-refractivity contribution in [1.29, 1.82) is 5.26 Å². The summed E-state index contributed by atoms with van der Waals surface area (Å²) in [6, 6.07) is 1.97. The Bertz CT molecular complexity index is 375. The Morgan fingerprint density at radius 1 is 1.50 bits per heavy atom. The Kier molecular flexibility index (Phi) is 4.54. The summed E-state index contributed by atoms with van der Waals surface area (Å²) < 4.78 is 0. The van der Waals surface area contributed by atoms with E-state index >= 15 is 0 Å². The van der Waals surface area contributed by atoms with Gasteiger partial charge in [-0.1, -0.05) is 0 Å². The second-order valence-electron chi connectivity index (χ2n) is 5.14. The van der Waals surface area contributed by atoms with Crippen LogP contribution in [0.2, 0.25) is 0 Å². The van der Waals surface area contributed by atoms with E-state index in [1.54, 1.807) is 19.0 Å². The van der Waals surface area contributed by atoms with Crippen molar-refractivity contribution in [3.05, 3.63) is 0 Å². The maximum absolute atomic E-state index is 11.9. The van der Waals surface area contributed by atoms with Crippen molar-refractivity contribution < 1.29 is 9.59 Å². The van der Waals surface area contributed by atoms with Crippen LogP contribution in [-0.4, -0.2) is 55.5 Å². The third-order valence-corrected chi connectivity index (χ3v) is 3.12. The minimum Gasteiger partial charge on any atom is -0.340 e. The molecule has 1 N–H and O–H groups in total. The highest BCUT2D eigenvalue weighted by atomic mass is 16.2. The molecule has 1 saturated heterocycles. The molecule has 0 aliphatic carbocycles. The molecule has 0 aromatic heterocycles. The van der Waals surface area contributed by atoms with Crippen molar-refractivity contribution in [2.45, 2.75) is 19.8 Å². The molecule has 6 heteroatoms. The molecule has 3 amide bonds. The Labute approximate surface area is 108 Å². The molecule has 1 heterocycles. The molecule has 6 nitrogen and oxygen atoms in total. The van der Waals surface area contributed by atoms with Crippen LogP contribution in [0.25, 0.3) is 0 Å². The van der Waals surface area contributed by atoms with Gasteiger partial charge in [0.2, 0.25) is 5.91 Å². The van der Waals surface area contributed by atoms with Crippen LogP contribution in [0.1, 0.15) is 19.8 Å². The standard InChI is InChI=1S/C12H20N4O2/c1-12(8-13)5-4-6-16(9-12)10(17)7-14-11(18)15(2)3/h4-7,9H2,1-3H3,(H,14,18). The van der Waals surface area contributed by atoms with Gasteiger partial charge in [0.1, 0.15) is 0 Å². The lowest BCUT2D eigenvalue weighted by Gasteiger charge is -2.36. The molecule has 100 valence electrons. The Hall–Kier alpha value is -1.77. The van der Waals surface area contributed by atoms with Crippen LogP contribution in [0.5, 0.6) is 0 Å². The highest BCUT2D eigenvalue weighted by Crippen LogP contribution is 2.28. The van der Waals surface area contributed by atoms with Gasteiger partial charge >= 0.3 is 6.03 Å². The minimum atomic E-state index is -0.459. The maximum Gasteiger partial charge on any atom is 0.317 e. The Balaban J connectivity index is 2.48. The Morgan fingerprint density at radius 3 is 2.72 bits per heavy atom. The molecule has 0 spiro atoms. The number of nitriles is 1. The van der Waals surface area contributed by atoms with E-state index in [1.165, 1.54) is 4.90 Å². The summed E-state index contributed by atoms with van der Waals surface area (Å²) in [5.41, 5.74) is -0.459. The molecule has 18 heavy (non-hydrogen) atoms. The van der Waals surface area contributed by atoms with E-state index in [0.29, 0.717) is 13.1 Å². The number of nitrogens with zero attached hydrogens (tertiary/aromatic N) is 3. The molecule has 1 fully saturated rings. The number of rotatable bonds is 2. The lowest BCUT2D eigenvalue weighted by Crippen LogP contribution is -2.49. The zero-order chi connectivity index (χ0) is 13.8. The largest absolute Gasteiger partial charge is 0.340 e. The van der Waals surface area contributed by atoms with Gasteiger partial charge in [0, 0.05) is 27.2 Å². The summed E-state index contributed by atoms with van der Waals surface area (Å²) in [6.07, 6.45) is 1.65. The van der Waals surface area contributed by atoms with Gasteiger partial charge in [-0.05, 0) is 19.8 Å². The van der Waals surface area contributed by atoms with Crippen LogP contribution in [0.3, 0.4) is 0 Å². The molecule has 1 aliphatic heterocycles. The molecule has 1 aliphatic rings. The summed E-state index contributed by atoms with van der Waals surface area (Å²) >= 11 is 0. The molecule has 1 unspecified atom stereocenters. The number of carbonyl (C=O) groups excluding carboxylic acids is 2. The van der Waals surface area contributed by atoms with E-state index in [4.69, 9.17) is 5.26 Å². The average Bonchev–Trinajstić information content (AvgIpc) is 2.35. The third-order valence-electron chi connectivity index (χ3n) is 3.12. The number of hydrogen-bond acceptors (Lipinski definition) is 3. The summed E-state index contributed by atoms with van der Waals surface area (Å²) in [6.45, 7) is 2.96. The van der Waals surface area contributed by atoms with Crippen molar-refractivity contribution >= 4 is 11.9 Å². The summed E-state index contributed by atoms with van der Waals surface area (Å²) in [5, 5.41) is 11.6. The molecule has 1 rings (SSSR count). The van der Waals surface area contributed by atoms with Crippen LogP contribution in [0, 0.1) is 16.7 Å². The average molecular weight is 252 g/mol. The van der Waals surface area contributed by atoms with Gasteiger partial charge in [0.25, 0.3) is 0 Å². The number of amides is 3. The molecule has 0 bridgehead atoms. The molecule has 0 saturated carbocycles. The zero-order valence-electron chi connectivity index (χ0n) is 11.2. The van der Waals surface area contributed by atoms with E-state index in [1.807, 2.05) is 6.92 Å². The van der Waals surface area contributed by atoms with E-state index in [0.717, 1.165) is 12.8 Å². The SMILES string of the molecule is CN(C)C(=O)NCC(=O)N1CCCC(C)(C#N)C1. The van der Waals surface area contributed by atoms with Crippen LogP contribution >= 0.6 is 0 Å². The van der Waals surface area contributed by atoms with Gasteiger partial charge < -0.3 is 15.1 Å². The van der Waals surface area contributed by atoms with Crippen molar-refractivity contribution in [3.63, 3.8) is 0 Å². The van der Waals surface area contributed by atoms with Crippen LogP contribution in [-0.2, 0) is 4.79 Å². The molecular weight excluding hydrogens is 232 g/mol. The zero-order valence-corrected chi connectivity index (χ0v) is 11.2. The van der Waals surface area contributed by atoms with Gasteiger partial charge in [0.15, 0.2) is 0 Å². The van der Waals surface area contributed by atoms with Crippen LogP contribution in [0.4, 0.5) is 4.79 Å². The third kappa shape index (κ3) is 3.62. The smallest absolute Gasteiger partial charge is 0.317 e. The summed E-state index contributed by atoms with van der Waals surface area (Å²) in [5.74, 6) is -0.133. The van der Waals surface area contributed by atoms with E-state index in [-0.39, 0.29) is 18.5 Å². The Morgan fingerprint density at radius 2 is 2.17 bits per heavy atom. The second-order valence-corrected chi connectivity index (χ2v) is 5.14. The number of carbonyl (C=O) groups is 2. The van der Waals surface area contributed by atoms with E-state index < -0.39 is 5.41 Å². The van der Waals surface area contributed by atoms with Crippen molar-refractivity contribution in [3.8, 4) is 6.07 Å². The number of nitrogens with one attached hydrogen (secondary N) is 1. The van der Waals surface area contributed by atoms with Gasteiger partial charge in [-0.2, -0.15) is 5.26 Å². The van der Waals surface area contributed by atoms with Crippen molar-refractivity contribution in [2.75, 3.05) is 33.7 Å². The van der Waals surface area contributed by atoms with Gasteiger partial charge in [-0.3, -0.25) is 4.79 Å². The lowest BCUT2D eigenvalue weighted by atomic mass is 9.83. The first kappa shape index (κ1) is 14.3. The van der Waals surface area contributed by atoms with E-state index in [9.17, 15) is 9.59 Å². The number of urea groups is 1. The molecule has 0 aromatic carbocycles. The van der Waals surface area contributed by atoms with Crippen LogP contribution < -0.4 is 5.32 Å². The van der Waals surface area contributed by atoms with Crippen molar-refractivity contribution in [2.24, 2.45) is 5.41 Å². The molecular formula is C12H20N4O2. The highest BCUT2D eigenvalue weighted by molar-refractivity contribution is 5.84. The second kappa shape index (κ2) is 5.71. The first-order chi connectivity index (χ1) is 8.38. The molecule has 1 atom stereocenters. The predicted molar refractivity (Wildman–Crippen MR) is 66.6 cm³/mol. The predicted octanol–water partition coefficient (Wildman–Crippen LogP) is 0.410. The number of likely N-dealkylation sites (tertiary alicyclic amines) is 1. The van der Waals surface area contributed by atoms with Crippen LogP contribution in [0.15, 0.2) is 0 Å². The van der Waals surface area contributed by atoms with E-state index in [2.05, 4.69) is 11.4 Å². The summed E-state index contributed by atoms with van der Waals surface area (Å²) in [7, 11) is 3.24.